The van der Waals surface area contributed by atoms with E-state index in [-0.39, 0.29) is 0 Å². The van der Waals surface area contributed by atoms with Crippen LogP contribution in [0.25, 0.3) is 127 Å². The molecule has 0 aliphatic heterocycles. The van der Waals surface area contributed by atoms with Crippen LogP contribution in [-0.4, -0.2) is 19.5 Å². The first-order valence-corrected chi connectivity index (χ1v) is 20.9. The summed E-state index contributed by atoms with van der Waals surface area (Å²) in [5.41, 5.74) is 10.1. The molecule has 62 heavy (non-hydrogen) atoms. The normalized spacial score (nSPS) is 11.9. The van der Waals surface area contributed by atoms with Crippen LogP contribution in [0.1, 0.15) is 0 Å². The van der Waals surface area contributed by atoms with Crippen LogP contribution in [-0.2, 0) is 0 Å². The average Bonchev–Trinajstić information content (AvgIpc) is 3.88. The SMILES string of the molecule is c1ccc(-n2c3ccccc3c3c(-c4nc(-c5cccc6ccccc56)nc(-c5ccc(-c6cccc7oc8cc9ccccc9cc8c67)c6ccccc56)n4)cccc32)cc1. The monoisotopic (exact) mass is 790 g/mol. The third-order valence-corrected chi connectivity index (χ3v) is 12.4. The van der Waals surface area contributed by atoms with Gasteiger partial charge < -0.3 is 8.98 Å². The van der Waals surface area contributed by atoms with Crippen LogP contribution in [0.3, 0.4) is 0 Å². The molecule has 3 heterocycles. The second-order valence-corrected chi connectivity index (χ2v) is 15.9. The van der Waals surface area contributed by atoms with Crippen molar-refractivity contribution in [3.63, 3.8) is 0 Å². The van der Waals surface area contributed by atoms with Crippen molar-refractivity contribution in [2.24, 2.45) is 0 Å². The summed E-state index contributed by atoms with van der Waals surface area (Å²) in [6.45, 7) is 0. The first kappa shape index (κ1) is 34.5. The highest BCUT2D eigenvalue weighted by Crippen LogP contribution is 2.44. The molecule has 5 heteroatoms. The third-order valence-electron chi connectivity index (χ3n) is 12.4. The lowest BCUT2D eigenvalue weighted by molar-refractivity contribution is 0.669. The molecule has 0 N–H and O–H groups in total. The Morgan fingerprint density at radius 3 is 1.65 bits per heavy atom. The summed E-state index contributed by atoms with van der Waals surface area (Å²) >= 11 is 0. The molecule has 0 bridgehead atoms. The molecule has 288 valence electrons. The summed E-state index contributed by atoms with van der Waals surface area (Å²) in [5, 5.41) is 11.2. The molecule has 0 aliphatic carbocycles. The highest BCUT2D eigenvalue weighted by atomic mass is 16.3. The molecule has 0 atom stereocenters. The molecule has 0 fully saturated rings. The van der Waals surface area contributed by atoms with Gasteiger partial charge in [-0.1, -0.05) is 158 Å². The number of hydrogen-bond acceptors (Lipinski definition) is 4. The lowest BCUT2D eigenvalue weighted by Crippen LogP contribution is -2.01. The molecule has 13 rings (SSSR count). The van der Waals surface area contributed by atoms with Gasteiger partial charge in [-0.2, -0.15) is 0 Å². The van der Waals surface area contributed by atoms with E-state index < -0.39 is 0 Å². The van der Waals surface area contributed by atoms with E-state index in [1.54, 1.807) is 0 Å². The van der Waals surface area contributed by atoms with E-state index in [4.69, 9.17) is 19.4 Å². The summed E-state index contributed by atoms with van der Waals surface area (Å²) in [7, 11) is 0. The number of benzene rings is 10. The van der Waals surface area contributed by atoms with E-state index in [1.807, 2.05) is 0 Å². The molecule has 0 spiro atoms. The smallest absolute Gasteiger partial charge is 0.164 e. The molecular weight excluding hydrogens is 757 g/mol. The lowest BCUT2D eigenvalue weighted by atomic mass is 9.92. The van der Waals surface area contributed by atoms with Crippen molar-refractivity contribution in [1.29, 1.82) is 0 Å². The van der Waals surface area contributed by atoms with Gasteiger partial charge in [0.25, 0.3) is 0 Å². The first-order valence-electron chi connectivity index (χ1n) is 20.9. The Bertz CT molecular complexity index is 3930. The van der Waals surface area contributed by atoms with Crippen LogP contribution in [0.4, 0.5) is 0 Å². The number of para-hydroxylation sites is 2. The highest BCUT2D eigenvalue weighted by molar-refractivity contribution is 6.19. The second kappa shape index (κ2) is 13.6. The molecule has 3 aromatic heterocycles. The van der Waals surface area contributed by atoms with Gasteiger partial charge in [0.1, 0.15) is 11.2 Å². The standard InChI is InChI=1S/C57H34N4O/c1-2-19-38(20-3-1)61-49-28-11-10-24-46(49)53-47(27-13-29-50(53)61)57-59-55(44-26-12-18-35-15-6-7-21-39(35)44)58-56(60-57)45-32-31-42(40-22-8-9-23-41(40)45)43-25-14-30-51-54(43)48-33-36-16-4-5-17-37(36)34-52(48)62-51/h1-34H. The van der Waals surface area contributed by atoms with E-state index in [0.717, 1.165) is 104 Å². The molecule has 0 saturated heterocycles. The van der Waals surface area contributed by atoms with Crippen molar-refractivity contribution in [3.05, 3.63) is 206 Å². The van der Waals surface area contributed by atoms with Crippen molar-refractivity contribution in [2.45, 2.75) is 0 Å². The molecule has 0 saturated carbocycles. The third kappa shape index (κ3) is 5.25. The molecule has 0 unspecified atom stereocenters. The maximum atomic E-state index is 6.52. The van der Waals surface area contributed by atoms with Crippen molar-refractivity contribution >= 4 is 76.1 Å². The van der Waals surface area contributed by atoms with Gasteiger partial charge in [-0.25, -0.2) is 15.0 Å². The van der Waals surface area contributed by atoms with Gasteiger partial charge >= 0.3 is 0 Å². The van der Waals surface area contributed by atoms with E-state index in [1.165, 1.54) is 5.39 Å². The quantitative estimate of drug-likeness (QED) is 0.174. The van der Waals surface area contributed by atoms with Crippen molar-refractivity contribution in [2.75, 3.05) is 0 Å². The van der Waals surface area contributed by atoms with Crippen LogP contribution in [0.2, 0.25) is 0 Å². The van der Waals surface area contributed by atoms with Gasteiger partial charge in [-0.05, 0) is 92.0 Å². The molecule has 0 radical (unpaired) electrons. The number of furan rings is 1. The van der Waals surface area contributed by atoms with Crippen LogP contribution in [0.5, 0.6) is 0 Å². The summed E-state index contributed by atoms with van der Waals surface area (Å²) in [6.07, 6.45) is 0. The van der Waals surface area contributed by atoms with Gasteiger partial charge in [0, 0.05) is 43.9 Å². The average molecular weight is 791 g/mol. The highest BCUT2D eigenvalue weighted by Gasteiger charge is 2.22. The number of aromatic nitrogens is 4. The van der Waals surface area contributed by atoms with Crippen LogP contribution >= 0.6 is 0 Å². The minimum atomic E-state index is 0.614. The van der Waals surface area contributed by atoms with E-state index in [0.29, 0.717) is 17.5 Å². The van der Waals surface area contributed by atoms with Crippen molar-refractivity contribution in [1.82, 2.24) is 19.5 Å². The number of rotatable bonds is 5. The predicted octanol–water partition coefficient (Wildman–Crippen LogP) is 15.0. The van der Waals surface area contributed by atoms with Crippen LogP contribution in [0, 0.1) is 0 Å². The first-order chi connectivity index (χ1) is 30.7. The van der Waals surface area contributed by atoms with E-state index >= 15 is 0 Å². The maximum Gasteiger partial charge on any atom is 0.164 e. The van der Waals surface area contributed by atoms with Gasteiger partial charge in [-0.3, -0.25) is 0 Å². The van der Waals surface area contributed by atoms with Gasteiger partial charge in [0.15, 0.2) is 17.5 Å². The minimum Gasteiger partial charge on any atom is -0.456 e. The van der Waals surface area contributed by atoms with Gasteiger partial charge in [-0.15, -0.1) is 0 Å². The van der Waals surface area contributed by atoms with Crippen LogP contribution < -0.4 is 0 Å². The topological polar surface area (TPSA) is 56.7 Å². The fourth-order valence-electron chi connectivity index (χ4n) is 9.68. The Hall–Kier alpha value is -8.41. The summed E-state index contributed by atoms with van der Waals surface area (Å²) in [5.74, 6) is 1.86. The Morgan fingerprint density at radius 2 is 0.839 bits per heavy atom. The van der Waals surface area contributed by atoms with Crippen molar-refractivity contribution in [3.8, 4) is 51.0 Å². The largest absolute Gasteiger partial charge is 0.456 e. The Balaban J connectivity index is 1.07. The zero-order valence-electron chi connectivity index (χ0n) is 33.3. The lowest BCUT2D eigenvalue weighted by Gasteiger charge is -2.14. The van der Waals surface area contributed by atoms with Gasteiger partial charge in [0.05, 0.1) is 11.0 Å². The predicted molar refractivity (Wildman–Crippen MR) is 256 cm³/mol. The number of hydrogen-bond donors (Lipinski definition) is 0. The van der Waals surface area contributed by atoms with E-state index in [2.05, 4.69) is 211 Å². The van der Waals surface area contributed by atoms with Gasteiger partial charge in [0.2, 0.25) is 0 Å². The molecule has 5 nitrogen and oxygen atoms in total. The zero-order valence-corrected chi connectivity index (χ0v) is 33.3. The molecular formula is C57H34N4O. The summed E-state index contributed by atoms with van der Waals surface area (Å²) in [4.78, 5) is 16.2. The number of fused-ring (bicyclic) bond motifs is 9. The summed E-state index contributed by atoms with van der Waals surface area (Å²) < 4.78 is 8.86. The zero-order chi connectivity index (χ0) is 40.7. The molecule has 0 amide bonds. The van der Waals surface area contributed by atoms with E-state index in [9.17, 15) is 0 Å². The Kier molecular flexibility index (Phi) is 7.54. The molecule has 10 aromatic carbocycles. The fourth-order valence-corrected chi connectivity index (χ4v) is 9.68. The maximum absolute atomic E-state index is 6.52. The van der Waals surface area contributed by atoms with Crippen LogP contribution in [0.15, 0.2) is 211 Å². The second-order valence-electron chi connectivity index (χ2n) is 15.9. The molecule has 0 aliphatic rings. The molecule has 13 aromatic rings. The minimum absolute atomic E-state index is 0.614. The number of nitrogens with zero attached hydrogens (tertiary/aromatic N) is 4. The summed E-state index contributed by atoms with van der Waals surface area (Å²) in [6, 6.07) is 72.6. The Labute approximate surface area is 355 Å². The fraction of sp³-hybridized carbons (Fsp3) is 0. The Morgan fingerprint density at radius 1 is 0.306 bits per heavy atom. The van der Waals surface area contributed by atoms with Crippen molar-refractivity contribution < 1.29 is 4.42 Å².